The Kier molecular flexibility index (Phi) is 5.82. The van der Waals surface area contributed by atoms with Gasteiger partial charge in [-0.05, 0) is 24.7 Å². The number of allylic oxidation sites excluding steroid dienone is 2. The molecule has 5 heteroatoms. The summed E-state index contributed by atoms with van der Waals surface area (Å²) in [7, 11) is 0. The van der Waals surface area contributed by atoms with Crippen LogP contribution in [0.3, 0.4) is 0 Å². The number of fused-ring (bicyclic) bond motifs is 2. The van der Waals surface area contributed by atoms with E-state index in [1.54, 1.807) is 0 Å². The average molecular weight is 270 g/mol. The first-order chi connectivity index (χ1) is 9.31. The molecular weight excluding hydrogens is 248 g/mol. The smallest absolute Gasteiger partial charge is 0.309 e. The van der Waals surface area contributed by atoms with Crippen LogP contribution < -0.4 is 0 Å². The molecule has 0 heterocycles. The van der Waals surface area contributed by atoms with E-state index in [0.29, 0.717) is 44.9 Å². The van der Waals surface area contributed by atoms with Crippen LogP contribution >= 0.6 is 0 Å². The summed E-state index contributed by atoms with van der Waals surface area (Å²) in [4.78, 5) is 11.8. The third-order valence-corrected chi connectivity index (χ3v) is 3.66. The summed E-state index contributed by atoms with van der Waals surface area (Å²) in [5.74, 6) is 0.952. The number of ether oxygens (including phenoxy) is 3. The Bertz CT molecular complexity index is 315. The molecule has 108 valence electrons. The summed E-state index contributed by atoms with van der Waals surface area (Å²) in [5.41, 5.74) is 0. The van der Waals surface area contributed by atoms with Crippen molar-refractivity contribution in [2.45, 2.75) is 12.8 Å². The molecule has 0 amide bonds. The fourth-order valence-corrected chi connectivity index (χ4v) is 2.75. The molecule has 0 radical (unpaired) electrons. The van der Waals surface area contributed by atoms with Gasteiger partial charge in [0.15, 0.2) is 0 Å². The van der Waals surface area contributed by atoms with Gasteiger partial charge in [0.05, 0.1) is 39.0 Å². The quantitative estimate of drug-likeness (QED) is 0.381. The van der Waals surface area contributed by atoms with Gasteiger partial charge >= 0.3 is 5.97 Å². The molecule has 1 saturated carbocycles. The minimum Gasteiger partial charge on any atom is -0.463 e. The number of aliphatic hydroxyl groups excluding tert-OH is 1. The molecule has 3 unspecified atom stereocenters. The highest BCUT2D eigenvalue weighted by Gasteiger charge is 2.40. The predicted octanol–water partition coefficient (Wildman–Crippen LogP) is 0.767. The number of hydrogen-bond donors (Lipinski definition) is 1. The van der Waals surface area contributed by atoms with Crippen molar-refractivity contribution in [3.8, 4) is 0 Å². The molecule has 1 fully saturated rings. The van der Waals surface area contributed by atoms with Crippen LogP contribution in [0.1, 0.15) is 12.8 Å². The van der Waals surface area contributed by atoms with Crippen LogP contribution in [0.15, 0.2) is 12.2 Å². The van der Waals surface area contributed by atoms with Crippen LogP contribution in [-0.2, 0) is 19.0 Å². The molecule has 2 aliphatic carbocycles. The number of rotatable bonds is 9. The van der Waals surface area contributed by atoms with Crippen molar-refractivity contribution in [2.24, 2.45) is 17.8 Å². The van der Waals surface area contributed by atoms with E-state index in [1.165, 1.54) is 0 Å². The molecule has 2 rings (SSSR count). The highest BCUT2D eigenvalue weighted by Crippen LogP contribution is 2.43. The minimum absolute atomic E-state index is 0.0234. The summed E-state index contributed by atoms with van der Waals surface area (Å²) in [6.07, 6.45) is 6.41. The van der Waals surface area contributed by atoms with E-state index in [0.717, 1.165) is 12.8 Å². The Morgan fingerprint density at radius 2 is 1.79 bits per heavy atom. The number of hydrogen-bond acceptors (Lipinski definition) is 5. The summed E-state index contributed by atoms with van der Waals surface area (Å²) in [5, 5.41) is 8.49. The van der Waals surface area contributed by atoms with E-state index in [2.05, 4.69) is 12.2 Å². The average Bonchev–Trinajstić information content (AvgIpc) is 3.04. The van der Waals surface area contributed by atoms with Gasteiger partial charge in [-0.3, -0.25) is 4.79 Å². The number of aliphatic hydroxyl groups is 1. The number of carbonyl (C=O) groups is 1. The molecule has 0 aromatic heterocycles. The van der Waals surface area contributed by atoms with E-state index < -0.39 is 0 Å². The van der Waals surface area contributed by atoms with Crippen molar-refractivity contribution in [1.29, 1.82) is 0 Å². The molecule has 5 nitrogen and oxygen atoms in total. The monoisotopic (exact) mass is 270 g/mol. The highest BCUT2D eigenvalue weighted by atomic mass is 16.6. The fourth-order valence-electron chi connectivity index (χ4n) is 2.75. The fraction of sp³-hybridized carbons (Fsp3) is 0.786. The van der Waals surface area contributed by atoms with Crippen LogP contribution in [0.5, 0.6) is 0 Å². The summed E-state index contributed by atoms with van der Waals surface area (Å²) >= 11 is 0. The van der Waals surface area contributed by atoms with Crippen LogP contribution in [0, 0.1) is 17.8 Å². The topological polar surface area (TPSA) is 65.0 Å². The zero-order valence-electron chi connectivity index (χ0n) is 11.1. The first-order valence-electron chi connectivity index (χ1n) is 6.92. The molecule has 2 aliphatic rings. The van der Waals surface area contributed by atoms with Gasteiger partial charge in [-0.1, -0.05) is 12.2 Å². The number of carbonyl (C=O) groups excluding carboxylic acids is 1. The van der Waals surface area contributed by atoms with Crippen LogP contribution in [0.4, 0.5) is 0 Å². The molecule has 3 atom stereocenters. The lowest BCUT2D eigenvalue weighted by molar-refractivity contribution is -0.151. The van der Waals surface area contributed by atoms with E-state index in [9.17, 15) is 4.79 Å². The highest BCUT2D eigenvalue weighted by molar-refractivity contribution is 5.74. The van der Waals surface area contributed by atoms with Crippen molar-refractivity contribution in [3.63, 3.8) is 0 Å². The zero-order valence-corrected chi connectivity index (χ0v) is 11.1. The van der Waals surface area contributed by atoms with E-state index in [4.69, 9.17) is 19.3 Å². The molecule has 0 saturated heterocycles. The lowest BCUT2D eigenvalue weighted by Crippen LogP contribution is -2.23. The van der Waals surface area contributed by atoms with Gasteiger partial charge in [0.25, 0.3) is 0 Å². The third kappa shape index (κ3) is 4.30. The molecular formula is C14H22O5. The maximum absolute atomic E-state index is 11.8. The van der Waals surface area contributed by atoms with Gasteiger partial charge in [0, 0.05) is 0 Å². The lowest BCUT2D eigenvalue weighted by atomic mass is 9.94. The molecule has 19 heavy (non-hydrogen) atoms. The number of esters is 1. The van der Waals surface area contributed by atoms with Gasteiger partial charge < -0.3 is 19.3 Å². The van der Waals surface area contributed by atoms with Crippen LogP contribution in [-0.4, -0.2) is 50.7 Å². The predicted molar refractivity (Wildman–Crippen MR) is 68.5 cm³/mol. The van der Waals surface area contributed by atoms with Crippen molar-refractivity contribution in [1.82, 2.24) is 0 Å². The summed E-state index contributed by atoms with van der Waals surface area (Å²) in [6, 6.07) is 0. The van der Waals surface area contributed by atoms with Crippen LogP contribution in [0.2, 0.25) is 0 Å². The Balaban J connectivity index is 1.47. The zero-order chi connectivity index (χ0) is 13.5. The van der Waals surface area contributed by atoms with Crippen LogP contribution in [0.25, 0.3) is 0 Å². The molecule has 0 spiro atoms. The van der Waals surface area contributed by atoms with E-state index in [-0.39, 0.29) is 18.5 Å². The lowest BCUT2D eigenvalue weighted by Gasteiger charge is -2.16. The molecule has 0 aliphatic heterocycles. The molecule has 0 aromatic rings. The maximum atomic E-state index is 11.8. The molecule has 1 N–H and O–H groups in total. The molecule has 0 aromatic carbocycles. The standard InChI is InChI=1S/C14H22O5/c15-3-4-17-5-6-18-7-8-19-14(16)13-10-11-1-2-12(13)9-11/h1-2,11-13,15H,3-10H2. The first-order valence-corrected chi connectivity index (χ1v) is 6.92. The Morgan fingerprint density at radius 3 is 2.42 bits per heavy atom. The minimum atomic E-state index is -0.0861. The first kappa shape index (κ1) is 14.5. The van der Waals surface area contributed by atoms with Gasteiger partial charge in [-0.25, -0.2) is 0 Å². The van der Waals surface area contributed by atoms with Crippen molar-refractivity contribution in [3.05, 3.63) is 12.2 Å². The van der Waals surface area contributed by atoms with Crippen molar-refractivity contribution >= 4 is 5.97 Å². The molecule has 2 bridgehead atoms. The Morgan fingerprint density at radius 1 is 1.05 bits per heavy atom. The normalized spacial score (nSPS) is 27.9. The van der Waals surface area contributed by atoms with Crippen molar-refractivity contribution in [2.75, 3.05) is 39.6 Å². The van der Waals surface area contributed by atoms with Gasteiger partial charge in [0.2, 0.25) is 0 Å². The second-order valence-electron chi connectivity index (χ2n) is 5.00. The van der Waals surface area contributed by atoms with E-state index >= 15 is 0 Å². The van der Waals surface area contributed by atoms with E-state index in [1.807, 2.05) is 0 Å². The van der Waals surface area contributed by atoms with Gasteiger partial charge in [-0.2, -0.15) is 0 Å². The van der Waals surface area contributed by atoms with Crippen molar-refractivity contribution < 1.29 is 24.1 Å². The van der Waals surface area contributed by atoms with Gasteiger partial charge in [0.1, 0.15) is 6.61 Å². The SMILES string of the molecule is O=C(OCCOCCOCCO)C1CC2C=CC1C2. The summed E-state index contributed by atoms with van der Waals surface area (Å²) in [6.45, 7) is 1.95. The maximum Gasteiger partial charge on any atom is 0.309 e. The Hall–Kier alpha value is -0.910. The second kappa shape index (κ2) is 7.62. The van der Waals surface area contributed by atoms with Gasteiger partial charge in [-0.15, -0.1) is 0 Å². The third-order valence-electron chi connectivity index (χ3n) is 3.66. The second-order valence-corrected chi connectivity index (χ2v) is 5.00. The Labute approximate surface area is 113 Å². The summed E-state index contributed by atoms with van der Waals surface area (Å²) < 4.78 is 15.5. The largest absolute Gasteiger partial charge is 0.463 e.